The van der Waals surface area contributed by atoms with Crippen molar-refractivity contribution in [1.29, 1.82) is 0 Å². The first-order valence-corrected chi connectivity index (χ1v) is 4.09. The molecule has 0 aromatic rings. The molecule has 0 spiro atoms. The fourth-order valence-corrected chi connectivity index (χ4v) is 1.20. The minimum absolute atomic E-state index is 0.469. The minimum atomic E-state index is -0.548. The molecule has 1 rings (SSSR count). The maximum Gasteiger partial charge on any atom is 0.386 e. The van der Waals surface area contributed by atoms with Gasteiger partial charge in [0.05, 0.1) is 0 Å². The molecule has 0 radical (unpaired) electrons. The molecular weight excluding hydrogens is 162 g/mol. The van der Waals surface area contributed by atoms with Crippen molar-refractivity contribution in [3.05, 3.63) is 12.3 Å². The first-order chi connectivity index (χ1) is 5.24. The van der Waals surface area contributed by atoms with Gasteiger partial charge >= 0.3 is 6.03 Å². The first kappa shape index (κ1) is 8.13. The van der Waals surface area contributed by atoms with Crippen molar-refractivity contribution in [2.24, 2.45) is 15.2 Å². The van der Waals surface area contributed by atoms with Crippen molar-refractivity contribution >= 4 is 22.8 Å². The summed E-state index contributed by atoms with van der Waals surface area (Å²) in [6.45, 7) is 5.55. The van der Waals surface area contributed by atoms with Crippen LogP contribution < -0.4 is 0 Å². The maximum absolute atomic E-state index is 10.6. The lowest BCUT2D eigenvalue weighted by Gasteiger charge is -2.03. The molecule has 1 aliphatic heterocycles. The molecule has 1 heterocycles. The summed E-state index contributed by atoms with van der Waals surface area (Å²) in [6, 6.07) is -0.548. The van der Waals surface area contributed by atoms with Crippen LogP contribution in [-0.4, -0.2) is 16.8 Å². The van der Waals surface area contributed by atoms with Gasteiger partial charge in [0.25, 0.3) is 0 Å². The molecule has 0 aromatic heterocycles. The lowest BCUT2D eigenvalue weighted by atomic mass is 10.5. The third kappa shape index (κ3) is 1.98. The lowest BCUT2D eigenvalue weighted by Crippen LogP contribution is -2.03. The number of hydrogen-bond donors (Lipinski definition) is 0. The second kappa shape index (κ2) is 3.43. The molecule has 1 aliphatic rings. The van der Waals surface area contributed by atoms with Gasteiger partial charge in [0.1, 0.15) is 10.7 Å². The molecule has 58 valence electrons. The summed E-state index contributed by atoms with van der Waals surface area (Å²) in [5, 5.41) is 7.35. The van der Waals surface area contributed by atoms with Crippen molar-refractivity contribution < 1.29 is 4.79 Å². The number of thioether (sulfide) groups is 1. The molecule has 0 saturated carbocycles. The second-order valence-corrected chi connectivity index (χ2v) is 3.03. The number of nitrogens with zero attached hydrogens (tertiary/aromatic N) is 3. The van der Waals surface area contributed by atoms with Crippen molar-refractivity contribution in [3.8, 4) is 0 Å². The molecule has 0 saturated heterocycles. The number of urea groups is 1. The number of rotatable bonds is 1. The molecule has 0 aromatic carbocycles. The fraction of sp³-hybridized carbons (Fsp3) is 0.333. The zero-order valence-electron chi connectivity index (χ0n) is 6.07. The van der Waals surface area contributed by atoms with Gasteiger partial charge < -0.3 is 0 Å². The standard InChI is InChI=1S/C6H7N3OS/c1-3-11-5-4(2)8-9-6(10)7-5/h2-3H2,1H3. The number of amides is 2. The molecule has 0 bridgehead atoms. The van der Waals surface area contributed by atoms with E-state index in [0.29, 0.717) is 10.7 Å². The van der Waals surface area contributed by atoms with E-state index in [-0.39, 0.29) is 0 Å². The quantitative estimate of drug-likeness (QED) is 0.604. The smallest absolute Gasteiger partial charge is 0.242 e. The average molecular weight is 169 g/mol. The highest BCUT2D eigenvalue weighted by atomic mass is 32.2. The summed E-state index contributed by atoms with van der Waals surface area (Å²) in [7, 11) is 0. The predicted molar refractivity (Wildman–Crippen MR) is 45.0 cm³/mol. The number of aliphatic imine (C=N–C) groups is 1. The minimum Gasteiger partial charge on any atom is -0.242 e. The van der Waals surface area contributed by atoms with Gasteiger partial charge in [-0.1, -0.05) is 18.6 Å². The third-order valence-electron chi connectivity index (χ3n) is 0.981. The molecule has 0 fully saturated rings. The van der Waals surface area contributed by atoms with Crippen LogP contribution in [0.5, 0.6) is 0 Å². The van der Waals surface area contributed by atoms with Crippen molar-refractivity contribution in [1.82, 2.24) is 0 Å². The average Bonchev–Trinajstić information content (AvgIpc) is 1.98. The Labute approximate surface area is 68.5 Å². The van der Waals surface area contributed by atoms with Gasteiger partial charge in [0.15, 0.2) is 0 Å². The number of hydrogen-bond acceptors (Lipinski definition) is 3. The zero-order valence-corrected chi connectivity index (χ0v) is 6.89. The number of carbonyl (C=O) groups is 1. The normalized spacial score (nSPS) is 17.0. The second-order valence-electron chi connectivity index (χ2n) is 1.78. The summed E-state index contributed by atoms with van der Waals surface area (Å²) in [4.78, 5) is 14.2. The zero-order chi connectivity index (χ0) is 8.27. The van der Waals surface area contributed by atoms with Crippen LogP contribution in [0.3, 0.4) is 0 Å². The van der Waals surface area contributed by atoms with E-state index in [4.69, 9.17) is 0 Å². The van der Waals surface area contributed by atoms with Gasteiger partial charge in [0, 0.05) is 0 Å². The van der Waals surface area contributed by atoms with Crippen LogP contribution in [0.2, 0.25) is 0 Å². The highest BCUT2D eigenvalue weighted by Gasteiger charge is 2.11. The van der Waals surface area contributed by atoms with E-state index in [2.05, 4.69) is 21.8 Å². The van der Waals surface area contributed by atoms with Gasteiger partial charge in [-0.15, -0.1) is 16.9 Å². The summed E-state index contributed by atoms with van der Waals surface area (Å²) in [5.41, 5.74) is 0.469. The van der Waals surface area contributed by atoms with Crippen molar-refractivity contribution in [3.63, 3.8) is 0 Å². The lowest BCUT2D eigenvalue weighted by molar-refractivity contribution is 0.255. The first-order valence-electron chi connectivity index (χ1n) is 3.10. The van der Waals surface area contributed by atoms with Crippen molar-refractivity contribution in [2.75, 3.05) is 5.75 Å². The SMILES string of the molecule is C=C1N=NC(=O)N=C1SCC. The highest BCUT2D eigenvalue weighted by molar-refractivity contribution is 8.14. The number of azo groups is 1. The summed E-state index contributed by atoms with van der Waals surface area (Å²) in [5.74, 6) is 0.848. The van der Waals surface area contributed by atoms with E-state index in [9.17, 15) is 4.79 Å². The molecule has 0 atom stereocenters. The van der Waals surface area contributed by atoms with Gasteiger partial charge in [-0.3, -0.25) is 0 Å². The third-order valence-corrected chi connectivity index (χ3v) is 1.87. The molecule has 2 amide bonds. The largest absolute Gasteiger partial charge is 0.386 e. The molecule has 11 heavy (non-hydrogen) atoms. The van der Waals surface area contributed by atoms with Crippen LogP contribution >= 0.6 is 11.8 Å². The Morgan fingerprint density at radius 3 is 2.91 bits per heavy atom. The molecular formula is C6H7N3OS. The Kier molecular flexibility index (Phi) is 2.53. The van der Waals surface area contributed by atoms with E-state index in [0.717, 1.165) is 5.75 Å². The van der Waals surface area contributed by atoms with E-state index in [1.54, 1.807) is 0 Å². The maximum atomic E-state index is 10.6. The van der Waals surface area contributed by atoms with E-state index < -0.39 is 6.03 Å². The van der Waals surface area contributed by atoms with E-state index in [1.165, 1.54) is 11.8 Å². The Hall–Kier alpha value is -0.970. The Bertz CT molecular complexity index is 257. The van der Waals surface area contributed by atoms with Gasteiger partial charge in [-0.25, -0.2) is 4.79 Å². The summed E-state index contributed by atoms with van der Waals surface area (Å²) < 4.78 is 0. The Morgan fingerprint density at radius 1 is 1.55 bits per heavy atom. The van der Waals surface area contributed by atoms with Crippen LogP contribution in [0.25, 0.3) is 0 Å². The predicted octanol–water partition coefficient (Wildman–Crippen LogP) is 2.24. The van der Waals surface area contributed by atoms with Gasteiger partial charge in [-0.2, -0.15) is 4.99 Å². The van der Waals surface area contributed by atoms with Gasteiger partial charge in [-0.05, 0) is 5.75 Å². The molecule has 4 nitrogen and oxygen atoms in total. The summed E-state index contributed by atoms with van der Waals surface area (Å²) in [6.07, 6.45) is 0. The molecule has 0 N–H and O–H groups in total. The van der Waals surface area contributed by atoms with Crippen LogP contribution in [0, 0.1) is 0 Å². The van der Waals surface area contributed by atoms with Gasteiger partial charge in [0.2, 0.25) is 0 Å². The summed E-state index contributed by atoms with van der Waals surface area (Å²) >= 11 is 1.44. The Morgan fingerprint density at radius 2 is 2.27 bits per heavy atom. The van der Waals surface area contributed by atoms with Crippen molar-refractivity contribution in [2.45, 2.75) is 6.92 Å². The van der Waals surface area contributed by atoms with Crippen LogP contribution in [0.15, 0.2) is 27.5 Å². The highest BCUT2D eigenvalue weighted by Crippen LogP contribution is 2.16. The topological polar surface area (TPSA) is 54.1 Å². The van der Waals surface area contributed by atoms with E-state index in [1.807, 2.05) is 6.92 Å². The molecule has 0 aliphatic carbocycles. The molecule has 0 unspecified atom stereocenters. The number of carbonyl (C=O) groups excluding carboxylic acids is 1. The Balaban J connectivity index is 2.76. The van der Waals surface area contributed by atoms with Crippen LogP contribution in [0.1, 0.15) is 6.92 Å². The van der Waals surface area contributed by atoms with Crippen LogP contribution in [0.4, 0.5) is 4.79 Å². The van der Waals surface area contributed by atoms with E-state index >= 15 is 0 Å². The molecule has 5 heteroatoms. The fourth-order valence-electron chi connectivity index (χ4n) is 0.572. The van der Waals surface area contributed by atoms with Crippen LogP contribution in [-0.2, 0) is 0 Å². The monoisotopic (exact) mass is 169 g/mol.